The maximum atomic E-state index is 12.0. The molecule has 1 fully saturated rings. The molecule has 0 aromatic rings. The molecule has 0 amide bonds. The van der Waals surface area contributed by atoms with Crippen LogP contribution >= 0.6 is 0 Å². The second-order valence-electron chi connectivity index (χ2n) is 7.89. The van der Waals surface area contributed by atoms with Gasteiger partial charge in [0, 0.05) is 19.3 Å². The molecule has 0 spiro atoms. The first-order valence-corrected chi connectivity index (χ1v) is 10.1. The maximum Gasteiger partial charge on any atom is 0.306 e. The van der Waals surface area contributed by atoms with Gasteiger partial charge in [-0.15, -0.1) is 6.42 Å². The van der Waals surface area contributed by atoms with E-state index in [1.165, 1.54) is 0 Å². The van der Waals surface area contributed by atoms with Gasteiger partial charge in [-0.1, -0.05) is 13.8 Å². The topological polar surface area (TPSA) is 71.1 Å². The van der Waals surface area contributed by atoms with E-state index >= 15 is 0 Å². The van der Waals surface area contributed by atoms with Crippen LogP contribution in [0, 0.1) is 12.3 Å². The van der Waals surface area contributed by atoms with Crippen LogP contribution in [-0.2, 0) is 28.5 Å². The van der Waals surface area contributed by atoms with Crippen molar-refractivity contribution in [3.05, 3.63) is 0 Å². The third-order valence-electron chi connectivity index (χ3n) is 4.61. The van der Waals surface area contributed by atoms with Crippen LogP contribution in [0.25, 0.3) is 0 Å². The molecule has 7 nitrogen and oxygen atoms in total. The van der Waals surface area contributed by atoms with E-state index < -0.39 is 18.5 Å². The number of ether oxygens (including phenoxy) is 4. The lowest BCUT2D eigenvalue weighted by atomic mass is 10.0. The summed E-state index contributed by atoms with van der Waals surface area (Å²) in [5.74, 6) is 2.08. The summed E-state index contributed by atoms with van der Waals surface area (Å²) in [4.78, 5) is 23.9. The fourth-order valence-electron chi connectivity index (χ4n) is 2.92. The van der Waals surface area contributed by atoms with Crippen LogP contribution in [0.5, 0.6) is 0 Å². The molecule has 0 aliphatic carbocycles. The normalized spacial score (nSPS) is 25.0. The minimum atomic E-state index is -0.692. The van der Waals surface area contributed by atoms with Gasteiger partial charge >= 0.3 is 11.9 Å². The summed E-state index contributed by atoms with van der Waals surface area (Å²) >= 11 is 0. The monoisotopic (exact) mass is 398 g/mol. The average molecular weight is 399 g/mol. The SMILES string of the molecule is C#CC[N+](C)(C)CCOC1O[C@@H](C)C(OC(=O)CCC)C[C@H]1OC(=O)CCC. The van der Waals surface area contributed by atoms with Gasteiger partial charge in [-0.05, 0) is 25.7 Å². The van der Waals surface area contributed by atoms with Crippen molar-refractivity contribution in [2.24, 2.45) is 0 Å². The minimum Gasteiger partial charge on any atom is -0.459 e. The second-order valence-corrected chi connectivity index (χ2v) is 7.89. The van der Waals surface area contributed by atoms with Gasteiger partial charge < -0.3 is 23.4 Å². The summed E-state index contributed by atoms with van der Waals surface area (Å²) in [6.07, 6.45) is 5.73. The van der Waals surface area contributed by atoms with E-state index in [2.05, 4.69) is 5.92 Å². The quantitative estimate of drug-likeness (QED) is 0.302. The van der Waals surface area contributed by atoms with Gasteiger partial charge in [0.15, 0.2) is 12.4 Å². The van der Waals surface area contributed by atoms with Gasteiger partial charge in [-0.3, -0.25) is 9.59 Å². The van der Waals surface area contributed by atoms with Crippen LogP contribution in [0.1, 0.15) is 52.9 Å². The first-order valence-electron chi connectivity index (χ1n) is 10.1. The number of terminal acetylenes is 1. The number of likely N-dealkylation sites (N-methyl/N-ethyl adjacent to an activating group) is 1. The van der Waals surface area contributed by atoms with E-state index in [-0.39, 0.29) is 18.0 Å². The Morgan fingerprint density at radius 2 is 1.68 bits per heavy atom. The van der Waals surface area contributed by atoms with Gasteiger partial charge in [0.25, 0.3) is 0 Å². The Balaban J connectivity index is 2.73. The fourth-order valence-corrected chi connectivity index (χ4v) is 2.92. The molecule has 0 N–H and O–H groups in total. The molecule has 160 valence electrons. The number of nitrogens with zero attached hydrogens (tertiary/aromatic N) is 1. The Bertz CT molecular complexity index is 542. The van der Waals surface area contributed by atoms with Crippen LogP contribution in [0.4, 0.5) is 0 Å². The van der Waals surface area contributed by atoms with Crippen molar-refractivity contribution >= 4 is 11.9 Å². The molecule has 0 aromatic carbocycles. The zero-order chi connectivity index (χ0) is 21.2. The Morgan fingerprint density at radius 1 is 1.11 bits per heavy atom. The van der Waals surface area contributed by atoms with Gasteiger partial charge in [-0.2, -0.15) is 0 Å². The Morgan fingerprint density at radius 3 is 2.21 bits per heavy atom. The standard InChI is InChI=1S/C21H36NO6/c1-7-10-19(23)27-17-15-18(28-20(24)11-8-2)21(26-16(17)4)25-14-13-22(5,6)12-9-3/h3,16-18,21H,7-8,10-15H2,1-2,4-6H3/q+1/t16-,17?,18+,21?/m0/s1. The molecular weight excluding hydrogens is 362 g/mol. The first-order chi connectivity index (χ1) is 13.2. The molecule has 7 heteroatoms. The highest BCUT2D eigenvalue weighted by Gasteiger charge is 2.41. The van der Waals surface area contributed by atoms with E-state index in [0.717, 1.165) is 0 Å². The number of quaternary nitrogens is 1. The van der Waals surface area contributed by atoms with E-state index in [1.807, 2.05) is 34.9 Å². The summed E-state index contributed by atoms with van der Waals surface area (Å²) in [5.41, 5.74) is 0. The van der Waals surface area contributed by atoms with Crippen molar-refractivity contribution in [2.45, 2.75) is 77.5 Å². The molecule has 0 bridgehead atoms. The van der Waals surface area contributed by atoms with Crippen molar-refractivity contribution in [3.63, 3.8) is 0 Å². The van der Waals surface area contributed by atoms with E-state index in [9.17, 15) is 9.59 Å². The third-order valence-corrected chi connectivity index (χ3v) is 4.61. The molecule has 4 atom stereocenters. The van der Waals surface area contributed by atoms with Crippen LogP contribution < -0.4 is 0 Å². The number of esters is 2. The number of carbonyl (C=O) groups is 2. The minimum absolute atomic E-state index is 0.269. The smallest absolute Gasteiger partial charge is 0.306 e. The first kappa shape index (κ1) is 24.4. The lowest BCUT2D eigenvalue weighted by Gasteiger charge is -2.39. The van der Waals surface area contributed by atoms with E-state index in [0.29, 0.717) is 56.3 Å². The predicted octanol–water partition coefficient (Wildman–Crippen LogP) is 2.27. The Kier molecular flexibility index (Phi) is 10.5. The van der Waals surface area contributed by atoms with Gasteiger partial charge in [0.1, 0.15) is 19.2 Å². The summed E-state index contributed by atoms with van der Waals surface area (Å²) in [6.45, 7) is 7.37. The highest BCUT2D eigenvalue weighted by molar-refractivity contribution is 5.70. The van der Waals surface area contributed by atoms with Gasteiger partial charge in [0.2, 0.25) is 0 Å². The van der Waals surface area contributed by atoms with Crippen molar-refractivity contribution in [1.82, 2.24) is 0 Å². The lowest BCUT2D eigenvalue weighted by Crippen LogP contribution is -2.51. The Hall–Kier alpha value is -1.62. The van der Waals surface area contributed by atoms with Crippen LogP contribution in [0.3, 0.4) is 0 Å². The predicted molar refractivity (Wildman–Crippen MR) is 105 cm³/mol. The number of carbonyl (C=O) groups excluding carboxylic acids is 2. The third kappa shape index (κ3) is 8.59. The van der Waals surface area contributed by atoms with Crippen LogP contribution in [0.15, 0.2) is 0 Å². The largest absolute Gasteiger partial charge is 0.459 e. The molecular formula is C21H36NO6+. The van der Waals surface area contributed by atoms with Crippen molar-refractivity contribution in [1.29, 1.82) is 0 Å². The molecule has 1 aliphatic rings. The molecule has 1 saturated heterocycles. The fraction of sp³-hybridized carbons (Fsp3) is 0.810. The lowest BCUT2D eigenvalue weighted by molar-refractivity contribution is -0.883. The number of hydrogen-bond acceptors (Lipinski definition) is 6. The van der Waals surface area contributed by atoms with E-state index in [4.69, 9.17) is 25.4 Å². The van der Waals surface area contributed by atoms with Crippen LogP contribution in [-0.4, -0.2) is 74.8 Å². The second kappa shape index (κ2) is 12.1. The molecule has 1 aliphatic heterocycles. The summed E-state index contributed by atoms with van der Waals surface area (Å²) < 4.78 is 23.5. The van der Waals surface area contributed by atoms with Crippen molar-refractivity contribution < 1.29 is 33.0 Å². The summed E-state index contributed by atoms with van der Waals surface area (Å²) in [5, 5.41) is 0. The van der Waals surface area contributed by atoms with Crippen molar-refractivity contribution in [3.8, 4) is 12.3 Å². The zero-order valence-electron chi connectivity index (χ0n) is 17.9. The maximum absolute atomic E-state index is 12.0. The number of rotatable bonds is 11. The van der Waals surface area contributed by atoms with Gasteiger partial charge in [-0.25, -0.2) is 0 Å². The molecule has 28 heavy (non-hydrogen) atoms. The molecule has 1 heterocycles. The average Bonchev–Trinajstić information content (AvgIpc) is 2.58. The summed E-state index contributed by atoms with van der Waals surface area (Å²) in [6, 6.07) is 0. The van der Waals surface area contributed by atoms with E-state index in [1.54, 1.807) is 0 Å². The highest BCUT2D eigenvalue weighted by atomic mass is 16.7. The van der Waals surface area contributed by atoms with Gasteiger partial charge in [0.05, 0.1) is 26.8 Å². The summed E-state index contributed by atoms with van der Waals surface area (Å²) in [7, 11) is 4.05. The highest BCUT2D eigenvalue weighted by Crippen LogP contribution is 2.27. The number of hydrogen-bond donors (Lipinski definition) is 0. The molecule has 0 aromatic heterocycles. The molecule has 2 unspecified atom stereocenters. The Labute approximate surface area is 169 Å². The van der Waals surface area contributed by atoms with Crippen LogP contribution in [0.2, 0.25) is 0 Å². The molecule has 1 rings (SSSR count). The molecule has 0 radical (unpaired) electrons. The van der Waals surface area contributed by atoms with Crippen molar-refractivity contribution in [2.75, 3.05) is 33.8 Å². The zero-order valence-corrected chi connectivity index (χ0v) is 17.9. The molecule has 0 saturated carbocycles.